The van der Waals surface area contributed by atoms with Gasteiger partial charge in [0.2, 0.25) is 5.91 Å². The first-order chi connectivity index (χ1) is 13.3. The summed E-state index contributed by atoms with van der Waals surface area (Å²) in [5.74, 6) is -2.05. The maximum Gasteiger partial charge on any atom is 0.257 e. The Morgan fingerprint density at radius 1 is 1.18 bits per heavy atom. The predicted octanol–water partition coefficient (Wildman–Crippen LogP) is 4.10. The molecule has 0 aliphatic heterocycles. The fourth-order valence-electron chi connectivity index (χ4n) is 2.68. The van der Waals surface area contributed by atoms with Gasteiger partial charge in [-0.25, -0.2) is 13.8 Å². The lowest BCUT2D eigenvalue weighted by atomic mass is 10.1. The largest absolute Gasteiger partial charge is 0.322 e. The molecular formula is C20H16ClF2N3O2. The van der Waals surface area contributed by atoms with E-state index < -0.39 is 29.6 Å². The Bertz CT molecular complexity index is 1130. The van der Waals surface area contributed by atoms with Crippen LogP contribution in [0.3, 0.4) is 0 Å². The summed E-state index contributed by atoms with van der Waals surface area (Å²) in [5.41, 5.74) is 0.916. The normalized spacial score (nSPS) is 10.8. The van der Waals surface area contributed by atoms with Gasteiger partial charge in [0.15, 0.2) is 0 Å². The van der Waals surface area contributed by atoms with Crippen LogP contribution >= 0.6 is 11.6 Å². The van der Waals surface area contributed by atoms with Gasteiger partial charge in [-0.3, -0.25) is 14.2 Å². The zero-order chi connectivity index (χ0) is 20.4. The zero-order valence-electron chi connectivity index (χ0n) is 15.1. The molecule has 0 atom stereocenters. The number of carbonyl (C=O) groups excluding carboxylic acids is 1. The molecule has 2 aromatic carbocycles. The molecule has 0 aliphatic rings. The Labute approximate surface area is 164 Å². The van der Waals surface area contributed by atoms with Gasteiger partial charge in [-0.15, -0.1) is 0 Å². The van der Waals surface area contributed by atoms with Crippen LogP contribution < -0.4 is 10.9 Å². The summed E-state index contributed by atoms with van der Waals surface area (Å²) in [6, 6.07) is 9.54. The lowest BCUT2D eigenvalue weighted by Crippen LogP contribution is -2.32. The number of nitrogens with zero attached hydrogens (tertiary/aromatic N) is 2. The second kappa shape index (κ2) is 7.90. The van der Waals surface area contributed by atoms with Gasteiger partial charge in [0.25, 0.3) is 5.56 Å². The van der Waals surface area contributed by atoms with Crippen LogP contribution in [-0.2, 0) is 11.3 Å². The first kappa shape index (κ1) is 19.7. The van der Waals surface area contributed by atoms with Crippen molar-refractivity contribution in [1.29, 1.82) is 0 Å². The Morgan fingerprint density at radius 2 is 1.93 bits per heavy atom. The van der Waals surface area contributed by atoms with Gasteiger partial charge in [0.1, 0.15) is 24.0 Å². The van der Waals surface area contributed by atoms with Crippen molar-refractivity contribution in [3.05, 3.63) is 80.7 Å². The summed E-state index contributed by atoms with van der Waals surface area (Å²) >= 11 is 6.03. The predicted molar refractivity (Wildman–Crippen MR) is 103 cm³/mol. The maximum atomic E-state index is 13.8. The zero-order valence-corrected chi connectivity index (χ0v) is 15.8. The van der Waals surface area contributed by atoms with E-state index in [0.29, 0.717) is 27.9 Å². The molecule has 3 aromatic rings. The smallest absolute Gasteiger partial charge is 0.257 e. The van der Waals surface area contributed by atoms with Crippen molar-refractivity contribution in [1.82, 2.24) is 9.55 Å². The molecule has 28 heavy (non-hydrogen) atoms. The number of hydrogen-bond donors (Lipinski definition) is 1. The van der Waals surface area contributed by atoms with Crippen molar-refractivity contribution in [2.24, 2.45) is 0 Å². The third-order valence-electron chi connectivity index (χ3n) is 4.23. The standard InChI is InChI=1S/C20H16ClF2N3O2/c1-11-12(2)24-19(13-4-3-5-14(21)8-13)26(20(11)28)10-18(27)25-17-7-6-15(22)9-16(17)23/h3-9H,10H2,1-2H3,(H,25,27). The molecule has 0 saturated carbocycles. The van der Waals surface area contributed by atoms with Crippen molar-refractivity contribution >= 4 is 23.2 Å². The second-order valence-electron chi connectivity index (χ2n) is 6.22. The summed E-state index contributed by atoms with van der Waals surface area (Å²) in [7, 11) is 0. The molecule has 5 nitrogen and oxygen atoms in total. The lowest BCUT2D eigenvalue weighted by Gasteiger charge is -2.15. The highest BCUT2D eigenvalue weighted by Crippen LogP contribution is 2.21. The SMILES string of the molecule is Cc1nc(-c2cccc(Cl)c2)n(CC(=O)Nc2ccc(F)cc2F)c(=O)c1C. The fraction of sp³-hybridized carbons (Fsp3) is 0.150. The molecule has 0 aliphatic carbocycles. The van der Waals surface area contributed by atoms with E-state index in [4.69, 9.17) is 11.6 Å². The average molecular weight is 404 g/mol. The summed E-state index contributed by atoms with van der Waals surface area (Å²) in [6.45, 7) is 2.91. The van der Waals surface area contributed by atoms with Crippen molar-refractivity contribution in [3.63, 3.8) is 0 Å². The van der Waals surface area contributed by atoms with Crippen molar-refractivity contribution in [2.45, 2.75) is 20.4 Å². The first-order valence-corrected chi connectivity index (χ1v) is 8.73. The Hall–Kier alpha value is -3.06. The number of halogens is 3. The molecular weight excluding hydrogens is 388 g/mol. The van der Waals surface area contributed by atoms with Crippen molar-refractivity contribution in [2.75, 3.05) is 5.32 Å². The molecule has 1 aromatic heterocycles. The highest BCUT2D eigenvalue weighted by Gasteiger charge is 2.17. The topological polar surface area (TPSA) is 64.0 Å². The van der Waals surface area contributed by atoms with E-state index >= 15 is 0 Å². The molecule has 0 fully saturated rings. The number of rotatable bonds is 4. The number of benzene rings is 2. The molecule has 0 bridgehead atoms. The second-order valence-corrected chi connectivity index (χ2v) is 6.66. The monoisotopic (exact) mass is 403 g/mol. The summed E-state index contributed by atoms with van der Waals surface area (Å²) in [5, 5.41) is 2.80. The molecule has 8 heteroatoms. The number of anilines is 1. The van der Waals surface area contributed by atoms with Gasteiger partial charge in [-0.2, -0.15) is 0 Å². The van der Waals surface area contributed by atoms with E-state index in [1.54, 1.807) is 38.1 Å². The lowest BCUT2D eigenvalue weighted by molar-refractivity contribution is -0.116. The molecule has 0 unspecified atom stereocenters. The Kier molecular flexibility index (Phi) is 5.56. The van der Waals surface area contributed by atoms with E-state index in [1.807, 2.05) is 0 Å². The van der Waals surface area contributed by atoms with Crippen LogP contribution in [0.5, 0.6) is 0 Å². The van der Waals surface area contributed by atoms with E-state index in [9.17, 15) is 18.4 Å². The van der Waals surface area contributed by atoms with Crippen molar-refractivity contribution < 1.29 is 13.6 Å². The summed E-state index contributed by atoms with van der Waals surface area (Å²) in [6.07, 6.45) is 0. The summed E-state index contributed by atoms with van der Waals surface area (Å²) in [4.78, 5) is 29.6. The molecule has 1 N–H and O–H groups in total. The van der Waals surface area contributed by atoms with E-state index in [2.05, 4.69) is 10.3 Å². The summed E-state index contributed by atoms with van der Waals surface area (Å²) < 4.78 is 28.0. The number of aromatic nitrogens is 2. The molecule has 144 valence electrons. The minimum absolute atomic E-state index is 0.180. The van der Waals surface area contributed by atoms with Crippen LogP contribution in [0.25, 0.3) is 11.4 Å². The number of hydrogen-bond acceptors (Lipinski definition) is 3. The number of aryl methyl sites for hydroxylation is 1. The number of carbonyl (C=O) groups is 1. The van der Waals surface area contributed by atoms with Crippen LogP contribution in [0.4, 0.5) is 14.5 Å². The molecule has 3 rings (SSSR count). The molecule has 1 heterocycles. The average Bonchev–Trinajstić information content (AvgIpc) is 2.64. The highest BCUT2D eigenvalue weighted by molar-refractivity contribution is 6.30. The maximum absolute atomic E-state index is 13.8. The molecule has 0 radical (unpaired) electrons. The number of amides is 1. The van der Waals surface area contributed by atoms with Gasteiger partial charge in [0, 0.05) is 27.9 Å². The molecule has 0 spiro atoms. The van der Waals surface area contributed by atoms with Crippen LogP contribution in [0.1, 0.15) is 11.3 Å². The highest BCUT2D eigenvalue weighted by atomic mass is 35.5. The van der Waals surface area contributed by atoms with Gasteiger partial charge >= 0.3 is 0 Å². The van der Waals surface area contributed by atoms with Gasteiger partial charge < -0.3 is 5.32 Å². The quantitative estimate of drug-likeness (QED) is 0.713. The fourth-order valence-corrected chi connectivity index (χ4v) is 2.87. The van der Waals surface area contributed by atoms with Gasteiger partial charge in [0.05, 0.1) is 5.69 Å². The minimum Gasteiger partial charge on any atom is -0.322 e. The molecule has 1 amide bonds. The van der Waals surface area contributed by atoms with Gasteiger partial charge in [-0.1, -0.05) is 23.7 Å². The minimum atomic E-state index is -0.908. The Balaban J connectivity index is 2.00. The third-order valence-corrected chi connectivity index (χ3v) is 4.46. The third kappa shape index (κ3) is 4.09. The molecule has 0 saturated heterocycles. The van der Waals surface area contributed by atoms with Crippen LogP contribution in [0.15, 0.2) is 47.3 Å². The Morgan fingerprint density at radius 3 is 2.61 bits per heavy atom. The first-order valence-electron chi connectivity index (χ1n) is 8.35. The van der Waals surface area contributed by atoms with E-state index in [-0.39, 0.29) is 11.5 Å². The number of nitrogens with one attached hydrogen (secondary N) is 1. The van der Waals surface area contributed by atoms with Crippen LogP contribution in [-0.4, -0.2) is 15.5 Å². The van der Waals surface area contributed by atoms with Crippen molar-refractivity contribution in [3.8, 4) is 11.4 Å². The van der Waals surface area contributed by atoms with Crippen LogP contribution in [0.2, 0.25) is 5.02 Å². The van der Waals surface area contributed by atoms with Crippen LogP contribution in [0, 0.1) is 25.5 Å². The van der Waals surface area contributed by atoms with E-state index in [0.717, 1.165) is 12.1 Å². The van der Waals surface area contributed by atoms with Gasteiger partial charge in [-0.05, 0) is 38.1 Å². The van der Waals surface area contributed by atoms with E-state index in [1.165, 1.54) is 4.57 Å².